The number of hydrogen-bond acceptors (Lipinski definition) is 5. The van der Waals surface area contributed by atoms with Crippen molar-refractivity contribution in [2.75, 3.05) is 11.5 Å². The minimum absolute atomic E-state index is 0.117. The number of benzene rings is 2. The summed E-state index contributed by atoms with van der Waals surface area (Å²) in [5, 5.41) is 13.1. The molecule has 1 aromatic heterocycles. The van der Waals surface area contributed by atoms with Gasteiger partial charge in [-0.2, -0.15) is 0 Å². The fourth-order valence-corrected chi connectivity index (χ4v) is 5.02. The monoisotopic (exact) mass is 431 g/mol. The molecule has 3 heterocycles. The zero-order valence-electron chi connectivity index (χ0n) is 17.0. The Kier molecular flexibility index (Phi) is 4.87. The maximum Gasteiger partial charge on any atom is 0.300 e. The Hall–Kier alpha value is -3.38. The summed E-state index contributed by atoms with van der Waals surface area (Å²) in [5.74, 6) is -0.664. The second-order valence-electron chi connectivity index (χ2n) is 7.63. The van der Waals surface area contributed by atoms with E-state index >= 15 is 0 Å². The Morgan fingerprint density at radius 3 is 2.68 bits per heavy atom. The van der Waals surface area contributed by atoms with E-state index in [0.717, 1.165) is 34.6 Å². The summed E-state index contributed by atoms with van der Waals surface area (Å²) in [4.78, 5) is 28.6. The molecule has 3 aromatic rings. The molecule has 1 unspecified atom stereocenters. The molecule has 156 valence electrons. The summed E-state index contributed by atoms with van der Waals surface area (Å²) in [6.07, 6.45) is 1.64. The smallest absolute Gasteiger partial charge is 0.300 e. The highest BCUT2D eigenvalue weighted by Gasteiger charge is 2.47. The third-order valence-electron chi connectivity index (χ3n) is 5.84. The van der Waals surface area contributed by atoms with Gasteiger partial charge in [-0.1, -0.05) is 25.1 Å². The number of carbonyl (C=O) groups excluding carboxylic acids is 2. The van der Waals surface area contributed by atoms with Crippen LogP contribution >= 0.6 is 11.3 Å². The summed E-state index contributed by atoms with van der Waals surface area (Å²) in [7, 11) is 0. The Morgan fingerprint density at radius 2 is 1.97 bits per heavy atom. The van der Waals surface area contributed by atoms with Crippen molar-refractivity contribution in [3.8, 4) is 5.75 Å². The molecule has 1 atom stereocenters. The second-order valence-corrected chi connectivity index (χ2v) is 8.60. The van der Waals surface area contributed by atoms with Crippen molar-refractivity contribution in [3.63, 3.8) is 0 Å². The molecule has 5 nitrogen and oxygen atoms in total. The van der Waals surface area contributed by atoms with E-state index in [1.807, 2.05) is 47.8 Å². The number of thiophene rings is 1. The molecule has 2 aliphatic rings. The Balaban J connectivity index is 1.66. The number of aliphatic hydroxyl groups excluding tert-OH is 1. The molecule has 0 radical (unpaired) electrons. The molecule has 0 bridgehead atoms. The minimum atomic E-state index is -0.674. The van der Waals surface area contributed by atoms with Gasteiger partial charge in [0.05, 0.1) is 12.2 Å². The van der Waals surface area contributed by atoms with Crippen LogP contribution in [0.4, 0.5) is 5.69 Å². The van der Waals surface area contributed by atoms with Crippen LogP contribution < -0.4 is 9.64 Å². The van der Waals surface area contributed by atoms with E-state index in [4.69, 9.17) is 4.74 Å². The highest BCUT2D eigenvalue weighted by atomic mass is 32.1. The van der Waals surface area contributed by atoms with Crippen molar-refractivity contribution < 1.29 is 19.4 Å². The number of hydrogen-bond donors (Lipinski definition) is 1. The van der Waals surface area contributed by atoms with E-state index < -0.39 is 17.7 Å². The number of nitrogens with zero attached hydrogens (tertiary/aromatic N) is 1. The topological polar surface area (TPSA) is 66.8 Å². The summed E-state index contributed by atoms with van der Waals surface area (Å²) >= 11 is 1.46. The number of carbonyl (C=O) groups is 2. The van der Waals surface area contributed by atoms with E-state index in [1.165, 1.54) is 16.2 Å². The van der Waals surface area contributed by atoms with E-state index in [2.05, 4.69) is 6.92 Å². The van der Waals surface area contributed by atoms with Crippen molar-refractivity contribution >= 4 is 34.5 Å². The summed E-state index contributed by atoms with van der Waals surface area (Å²) in [6.45, 7) is 2.67. The van der Waals surface area contributed by atoms with Crippen molar-refractivity contribution in [1.29, 1.82) is 0 Å². The van der Waals surface area contributed by atoms with Crippen LogP contribution in [0.15, 0.2) is 65.6 Å². The fourth-order valence-electron chi connectivity index (χ4n) is 4.20. The number of aryl methyl sites for hydroxylation is 1. The van der Waals surface area contributed by atoms with Gasteiger partial charge in [0, 0.05) is 22.5 Å². The van der Waals surface area contributed by atoms with Crippen LogP contribution in [0.3, 0.4) is 0 Å². The molecule has 0 aliphatic carbocycles. The molecular weight excluding hydrogens is 410 g/mol. The first-order chi connectivity index (χ1) is 15.1. The van der Waals surface area contributed by atoms with Gasteiger partial charge >= 0.3 is 0 Å². The fraction of sp³-hybridized carbons (Fsp3) is 0.200. The maximum absolute atomic E-state index is 13.1. The van der Waals surface area contributed by atoms with Gasteiger partial charge in [0.1, 0.15) is 17.6 Å². The van der Waals surface area contributed by atoms with Gasteiger partial charge in [-0.25, -0.2) is 0 Å². The van der Waals surface area contributed by atoms with Crippen molar-refractivity contribution in [1.82, 2.24) is 0 Å². The van der Waals surface area contributed by atoms with E-state index in [-0.39, 0.29) is 11.3 Å². The number of fused-ring (bicyclic) bond motifs is 1. The lowest BCUT2D eigenvalue weighted by Gasteiger charge is -2.24. The zero-order chi connectivity index (χ0) is 21.5. The van der Waals surface area contributed by atoms with E-state index in [0.29, 0.717) is 17.9 Å². The Bertz CT molecular complexity index is 1190. The molecule has 1 fully saturated rings. The van der Waals surface area contributed by atoms with Crippen LogP contribution in [0, 0.1) is 0 Å². The molecule has 2 aromatic carbocycles. The lowest BCUT2D eigenvalue weighted by atomic mass is 9.98. The minimum Gasteiger partial charge on any atom is -0.507 e. The number of amides is 1. The quantitative estimate of drug-likeness (QED) is 0.364. The molecule has 5 rings (SSSR count). The lowest BCUT2D eigenvalue weighted by molar-refractivity contribution is -0.132. The van der Waals surface area contributed by atoms with Crippen molar-refractivity contribution in [2.45, 2.75) is 25.8 Å². The molecule has 1 N–H and O–H groups in total. The van der Waals surface area contributed by atoms with Crippen molar-refractivity contribution in [2.24, 2.45) is 0 Å². The second kappa shape index (κ2) is 7.71. The number of ether oxygens (including phenoxy) is 1. The molecule has 0 spiro atoms. The molecule has 2 aliphatic heterocycles. The highest BCUT2D eigenvalue weighted by molar-refractivity contribution is 7.10. The SMILES string of the molecule is CCc1ccc(N2C(=O)C(=O)/C(=C(\O)c3ccc4c(c3)CCO4)C2c2cccs2)cc1. The van der Waals surface area contributed by atoms with Crippen LogP contribution in [-0.4, -0.2) is 23.4 Å². The Morgan fingerprint density at radius 1 is 1.16 bits per heavy atom. The molecule has 31 heavy (non-hydrogen) atoms. The molecule has 1 amide bonds. The van der Waals surface area contributed by atoms with Crippen LogP contribution in [0.5, 0.6) is 5.75 Å². The largest absolute Gasteiger partial charge is 0.507 e. The first kappa shape index (κ1) is 19.6. The van der Waals surface area contributed by atoms with Crippen LogP contribution in [0.1, 0.15) is 34.5 Å². The predicted octanol–water partition coefficient (Wildman–Crippen LogP) is 4.87. The van der Waals surface area contributed by atoms with Gasteiger partial charge in [0.15, 0.2) is 0 Å². The van der Waals surface area contributed by atoms with Gasteiger partial charge in [-0.05, 0) is 59.3 Å². The van der Waals surface area contributed by atoms with Crippen LogP contribution in [0.25, 0.3) is 5.76 Å². The third kappa shape index (κ3) is 3.24. The molecule has 1 saturated heterocycles. The first-order valence-corrected chi connectivity index (χ1v) is 11.2. The number of ketones is 1. The maximum atomic E-state index is 13.1. The number of anilines is 1. The van der Waals surface area contributed by atoms with Gasteiger partial charge in [0.25, 0.3) is 11.7 Å². The van der Waals surface area contributed by atoms with E-state index in [9.17, 15) is 14.7 Å². The average molecular weight is 432 g/mol. The Labute approximate surface area is 184 Å². The number of aliphatic hydroxyl groups is 1. The number of rotatable bonds is 4. The van der Waals surface area contributed by atoms with Crippen LogP contribution in [0.2, 0.25) is 0 Å². The van der Waals surface area contributed by atoms with Gasteiger partial charge in [-0.15, -0.1) is 11.3 Å². The highest BCUT2D eigenvalue weighted by Crippen LogP contribution is 2.44. The van der Waals surface area contributed by atoms with Gasteiger partial charge in [0.2, 0.25) is 0 Å². The molecule has 6 heteroatoms. The summed E-state index contributed by atoms with van der Waals surface area (Å²) in [5.41, 5.74) is 3.41. The number of Topliss-reactive ketones (excluding diaryl/α,β-unsaturated/α-hetero) is 1. The third-order valence-corrected chi connectivity index (χ3v) is 6.77. The van der Waals surface area contributed by atoms with Gasteiger partial charge in [-0.3, -0.25) is 14.5 Å². The standard InChI is InChI=1S/C25H21NO4S/c1-2-15-5-8-18(9-6-15)26-22(20-4-3-13-31-20)21(24(28)25(26)29)23(27)17-7-10-19-16(14-17)11-12-30-19/h3-10,13-14,22,27H,2,11-12H2,1H3/b23-21-. The van der Waals surface area contributed by atoms with Crippen LogP contribution in [-0.2, 0) is 22.4 Å². The summed E-state index contributed by atoms with van der Waals surface area (Å²) < 4.78 is 5.55. The molecule has 0 saturated carbocycles. The zero-order valence-corrected chi connectivity index (χ0v) is 17.8. The average Bonchev–Trinajstić information content (AvgIpc) is 3.53. The summed E-state index contributed by atoms with van der Waals surface area (Å²) in [6, 6.07) is 16.1. The van der Waals surface area contributed by atoms with E-state index in [1.54, 1.807) is 12.1 Å². The van der Waals surface area contributed by atoms with Gasteiger partial charge < -0.3 is 9.84 Å². The lowest BCUT2D eigenvalue weighted by Crippen LogP contribution is -2.29. The van der Waals surface area contributed by atoms with Crippen molar-refractivity contribution in [3.05, 3.63) is 87.1 Å². The predicted molar refractivity (Wildman–Crippen MR) is 121 cm³/mol. The molecular formula is C25H21NO4S. The first-order valence-electron chi connectivity index (χ1n) is 10.3. The normalized spacial score (nSPS) is 19.5.